The second-order valence-corrected chi connectivity index (χ2v) is 11.0. The van der Waals surface area contributed by atoms with E-state index in [2.05, 4.69) is 31.8 Å². The zero-order chi connectivity index (χ0) is 22.4. The molecule has 1 aliphatic carbocycles. The molecule has 2 fully saturated rings. The van der Waals surface area contributed by atoms with Crippen molar-refractivity contribution in [3.63, 3.8) is 0 Å². The summed E-state index contributed by atoms with van der Waals surface area (Å²) in [5.74, 6) is 1.09. The summed E-state index contributed by atoms with van der Waals surface area (Å²) < 4.78 is 42.4. The number of halogens is 1. The van der Waals surface area contributed by atoms with E-state index >= 15 is 0 Å². The Balaban J connectivity index is 1.62. The van der Waals surface area contributed by atoms with E-state index in [0.717, 1.165) is 25.7 Å². The summed E-state index contributed by atoms with van der Waals surface area (Å²) in [6.07, 6.45) is 5.48. The second kappa shape index (κ2) is 8.27. The van der Waals surface area contributed by atoms with Crippen LogP contribution in [-0.2, 0) is 25.0 Å². The Kier molecular flexibility index (Phi) is 5.97. The standard InChI is InChI=1S/C19H27ClN6O4S/c1-11-5-6-14(30-11)17-23-24-18(26(17)19(3)7-8-19)25-31(27,28)12(2)15(29-4)16-21-9-13(20)10-22-16/h9-12,14-15H,5-8H2,1-4H3,(H,24,25)/t11-,12?,14-,15?/m0/s1. The van der Waals surface area contributed by atoms with Crippen LogP contribution >= 0.6 is 11.6 Å². The van der Waals surface area contributed by atoms with Crippen molar-refractivity contribution in [1.29, 1.82) is 0 Å². The van der Waals surface area contributed by atoms with Crippen LogP contribution in [0, 0.1) is 0 Å². The molecule has 1 saturated heterocycles. The highest BCUT2D eigenvalue weighted by Gasteiger charge is 2.46. The molecular weight excluding hydrogens is 444 g/mol. The Morgan fingerprint density at radius 1 is 1.29 bits per heavy atom. The molecule has 0 radical (unpaired) electrons. The molecule has 2 unspecified atom stereocenters. The molecule has 2 aliphatic rings. The van der Waals surface area contributed by atoms with Crippen LogP contribution in [0.3, 0.4) is 0 Å². The van der Waals surface area contributed by atoms with Crippen LogP contribution in [0.5, 0.6) is 0 Å². The lowest BCUT2D eigenvalue weighted by Gasteiger charge is -2.24. The molecule has 3 heterocycles. The fourth-order valence-corrected chi connectivity index (χ4v) is 5.09. The van der Waals surface area contributed by atoms with Gasteiger partial charge in [-0.2, -0.15) is 0 Å². The number of sulfonamides is 1. The molecule has 2 aromatic heterocycles. The largest absolute Gasteiger partial charge is 0.372 e. The Bertz CT molecular complexity index is 1040. The monoisotopic (exact) mass is 470 g/mol. The summed E-state index contributed by atoms with van der Waals surface area (Å²) >= 11 is 5.84. The summed E-state index contributed by atoms with van der Waals surface area (Å²) in [5, 5.41) is 7.85. The van der Waals surface area contributed by atoms with Gasteiger partial charge in [-0.15, -0.1) is 10.2 Å². The smallest absolute Gasteiger partial charge is 0.240 e. The molecule has 1 aliphatic heterocycles. The van der Waals surface area contributed by atoms with Gasteiger partial charge < -0.3 is 9.47 Å². The van der Waals surface area contributed by atoms with Gasteiger partial charge in [-0.1, -0.05) is 11.6 Å². The van der Waals surface area contributed by atoms with Crippen LogP contribution in [-0.4, -0.2) is 51.6 Å². The Morgan fingerprint density at radius 3 is 2.52 bits per heavy atom. The molecule has 10 nitrogen and oxygen atoms in total. The van der Waals surface area contributed by atoms with Crippen LogP contribution in [0.4, 0.5) is 5.95 Å². The van der Waals surface area contributed by atoms with Gasteiger partial charge in [0.2, 0.25) is 16.0 Å². The predicted octanol–water partition coefficient (Wildman–Crippen LogP) is 2.99. The number of hydrogen-bond donors (Lipinski definition) is 1. The molecule has 4 atom stereocenters. The van der Waals surface area contributed by atoms with E-state index in [1.807, 2.05) is 11.5 Å². The molecule has 0 bridgehead atoms. The normalized spacial score (nSPS) is 24.7. The minimum atomic E-state index is -3.91. The van der Waals surface area contributed by atoms with Gasteiger partial charge in [0.15, 0.2) is 11.6 Å². The molecule has 0 amide bonds. The number of methoxy groups -OCH3 is 1. The van der Waals surface area contributed by atoms with E-state index in [9.17, 15) is 8.42 Å². The molecule has 170 valence electrons. The van der Waals surface area contributed by atoms with Crippen molar-refractivity contribution in [3.05, 3.63) is 29.1 Å². The SMILES string of the molecule is COC(c1ncc(Cl)cn1)C(C)S(=O)(=O)Nc1nnc([C@@H]2CC[C@H](C)O2)n1C1(C)CC1. The first-order chi connectivity index (χ1) is 14.6. The van der Waals surface area contributed by atoms with Crippen molar-refractivity contribution in [2.24, 2.45) is 0 Å². The minimum absolute atomic E-state index is 0.143. The molecule has 1 saturated carbocycles. The minimum Gasteiger partial charge on any atom is -0.372 e. The zero-order valence-corrected chi connectivity index (χ0v) is 19.5. The molecule has 1 N–H and O–H groups in total. The van der Waals surface area contributed by atoms with Crippen molar-refractivity contribution < 1.29 is 17.9 Å². The third-order valence-electron chi connectivity index (χ3n) is 6.02. The van der Waals surface area contributed by atoms with Crippen molar-refractivity contribution in [1.82, 2.24) is 24.7 Å². The highest BCUT2D eigenvalue weighted by Crippen LogP contribution is 2.47. The Labute approximate surface area is 186 Å². The van der Waals surface area contributed by atoms with Crippen LogP contribution in [0.15, 0.2) is 12.4 Å². The second-order valence-electron chi connectivity index (χ2n) is 8.49. The molecule has 4 rings (SSSR count). The highest BCUT2D eigenvalue weighted by molar-refractivity contribution is 7.93. The van der Waals surface area contributed by atoms with Gasteiger partial charge in [0, 0.05) is 25.0 Å². The van der Waals surface area contributed by atoms with Gasteiger partial charge in [0.1, 0.15) is 17.5 Å². The number of ether oxygens (including phenoxy) is 2. The Morgan fingerprint density at radius 2 is 1.97 bits per heavy atom. The number of nitrogens with zero attached hydrogens (tertiary/aromatic N) is 5. The lowest BCUT2D eigenvalue weighted by Crippen LogP contribution is -2.34. The van der Waals surface area contributed by atoms with E-state index in [1.54, 1.807) is 0 Å². The molecular formula is C19H27ClN6O4S. The lowest BCUT2D eigenvalue weighted by atomic mass is 10.2. The quantitative estimate of drug-likeness (QED) is 0.624. The van der Waals surface area contributed by atoms with Crippen LogP contribution < -0.4 is 4.72 Å². The summed E-state index contributed by atoms with van der Waals surface area (Å²) in [5.41, 5.74) is -0.227. The summed E-state index contributed by atoms with van der Waals surface area (Å²) in [7, 11) is -2.50. The number of rotatable bonds is 8. The molecule has 12 heteroatoms. The van der Waals surface area contributed by atoms with Crippen LogP contribution in [0.1, 0.15) is 70.3 Å². The van der Waals surface area contributed by atoms with Gasteiger partial charge in [-0.05, 0) is 46.5 Å². The lowest BCUT2D eigenvalue weighted by molar-refractivity contribution is 0.0469. The summed E-state index contributed by atoms with van der Waals surface area (Å²) in [6.45, 7) is 5.63. The van der Waals surface area contributed by atoms with E-state index in [0.29, 0.717) is 10.8 Å². The van der Waals surface area contributed by atoms with E-state index in [1.165, 1.54) is 26.4 Å². The number of nitrogens with one attached hydrogen (secondary N) is 1. The van der Waals surface area contributed by atoms with Crippen molar-refractivity contribution in [2.75, 3.05) is 11.8 Å². The van der Waals surface area contributed by atoms with E-state index < -0.39 is 21.4 Å². The first-order valence-electron chi connectivity index (χ1n) is 10.3. The first kappa shape index (κ1) is 22.4. The maximum Gasteiger partial charge on any atom is 0.240 e. The van der Waals surface area contributed by atoms with Gasteiger partial charge >= 0.3 is 0 Å². The van der Waals surface area contributed by atoms with Crippen LogP contribution in [0.2, 0.25) is 5.02 Å². The fourth-order valence-electron chi connectivity index (χ4n) is 3.86. The number of aromatic nitrogens is 5. The summed E-state index contributed by atoms with van der Waals surface area (Å²) in [6, 6.07) is 0. The van der Waals surface area contributed by atoms with E-state index in [4.69, 9.17) is 21.1 Å². The predicted molar refractivity (Wildman–Crippen MR) is 114 cm³/mol. The van der Waals surface area contributed by atoms with E-state index in [-0.39, 0.29) is 29.5 Å². The Hall–Kier alpha value is -1.82. The average molecular weight is 471 g/mol. The molecule has 0 spiro atoms. The molecule has 31 heavy (non-hydrogen) atoms. The van der Waals surface area contributed by atoms with Crippen molar-refractivity contribution in [3.8, 4) is 0 Å². The zero-order valence-electron chi connectivity index (χ0n) is 17.9. The van der Waals surface area contributed by atoms with Crippen molar-refractivity contribution in [2.45, 2.75) is 75.6 Å². The first-order valence-corrected chi connectivity index (χ1v) is 12.2. The third-order valence-corrected chi connectivity index (χ3v) is 7.91. The third kappa shape index (κ3) is 4.41. The van der Waals surface area contributed by atoms with Gasteiger partial charge in [0.05, 0.1) is 11.1 Å². The number of hydrogen-bond acceptors (Lipinski definition) is 8. The fraction of sp³-hybridized carbons (Fsp3) is 0.684. The number of anilines is 1. The molecule has 0 aromatic carbocycles. The summed E-state index contributed by atoms with van der Waals surface area (Å²) in [4.78, 5) is 8.22. The maximum atomic E-state index is 13.2. The maximum absolute atomic E-state index is 13.2. The molecule has 2 aromatic rings. The van der Waals surface area contributed by atoms with Gasteiger partial charge in [0.25, 0.3) is 0 Å². The topological polar surface area (TPSA) is 121 Å². The van der Waals surface area contributed by atoms with Gasteiger partial charge in [-0.25, -0.2) is 18.4 Å². The highest BCUT2D eigenvalue weighted by atomic mass is 35.5. The average Bonchev–Trinajstić information content (AvgIpc) is 3.11. The van der Waals surface area contributed by atoms with Gasteiger partial charge in [-0.3, -0.25) is 9.29 Å². The van der Waals surface area contributed by atoms with Crippen LogP contribution in [0.25, 0.3) is 0 Å². The van der Waals surface area contributed by atoms with Crippen molar-refractivity contribution >= 4 is 27.6 Å².